The van der Waals surface area contributed by atoms with Gasteiger partial charge in [0.1, 0.15) is 5.69 Å². The smallest absolute Gasteiger partial charge is 0.382 e. The second kappa shape index (κ2) is 3.30. The largest absolute Gasteiger partial charge is 0.476 e. The van der Waals surface area contributed by atoms with Crippen molar-refractivity contribution >= 4 is 16.9 Å². The van der Waals surface area contributed by atoms with Crippen molar-refractivity contribution in [2.75, 3.05) is 0 Å². The van der Waals surface area contributed by atoms with Crippen molar-refractivity contribution in [1.29, 1.82) is 0 Å². The van der Waals surface area contributed by atoms with Crippen molar-refractivity contribution in [2.24, 2.45) is 7.05 Å². The first-order valence-corrected chi connectivity index (χ1v) is 4.60. The fraction of sp³-hybridized carbons (Fsp3) is 0.182. The quantitative estimate of drug-likeness (QED) is 0.852. The highest BCUT2D eigenvalue weighted by atomic mass is 19.3. The predicted octanol–water partition coefficient (Wildman–Crippen LogP) is 2.35. The Labute approximate surface area is 89.9 Å². The molecule has 0 aliphatic rings. The molecule has 0 aliphatic carbocycles. The summed E-state index contributed by atoms with van der Waals surface area (Å²) in [5, 5.41) is 9.08. The highest BCUT2D eigenvalue weighted by Crippen LogP contribution is 2.32. The summed E-state index contributed by atoms with van der Waals surface area (Å²) in [4.78, 5) is 10.5. The van der Waals surface area contributed by atoms with Gasteiger partial charge in [0.25, 0.3) is 0 Å². The average Bonchev–Trinajstić information content (AvgIpc) is 2.57. The second-order valence-electron chi connectivity index (χ2n) is 3.53. The minimum absolute atomic E-state index is 0.513. The zero-order valence-corrected chi connectivity index (χ0v) is 8.45. The second-order valence-corrected chi connectivity index (χ2v) is 3.53. The van der Waals surface area contributed by atoms with Gasteiger partial charge in [-0.3, -0.25) is 0 Å². The maximum absolute atomic E-state index is 13.4. The highest BCUT2D eigenvalue weighted by Gasteiger charge is 2.43. The summed E-state index contributed by atoms with van der Waals surface area (Å²) in [7, 11) is 1.43. The predicted molar refractivity (Wildman–Crippen MR) is 54.4 cm³/mol. The molecule has 0 bridgehead atoms. The number of carbonyl (C=O) groups is 1. The number of halogens is 2. The van der Waals surface area contributed by atoms with E-state index in [0.29, 0.717) is 10.9 Å². The zero-order valence-electron chi connectivity index (χ0n) is 8.45. The summed E-state index contributed by atoms with van der Waals surface area (Å²) < 4.78 is 27.9. The van der Waals surface area contributed by atoms with E-state index in [9.17, 15) is 13.6 Å². The summed E-state index contributed by atoms with van der Waals surface area (Å²) >= 11 is 0. The molecule has 0 unspecified atom stereocenters. The summed E-state index contributed by atoms with van der Waals surface area (Å²) in [6, 6.07) is 7.95. The van der Waals surface area contributed by atoms with Crippen LogP contribution in [0.1, 0.15) is 5.69 Å². The van der Waals surface area contributed by atoms with Crippen LogP contribution in [0.4, 0.5) is 8.78 Å². The van der Waals surface area contributed by atoms with Crippen LogP contribution in [0.25, 0.3) is 10.9 Å². The van der Waals surface area contributed by atoms with E-state index in [0.717, 1.165) is 0 Å². The minimum atomic E-state index is -3.87. The highest BCUT2D eigenvalue weighted by molar-refractivity contribution is 5.85. The van der Waals surface area contributed by atoms with Crippen molar-refractivity contribution in [3.63, 3.8) is 0 Å². The number of para-hydroxylation sites is 1. The van der Waals surface area contributed by atoms with Gasteiger partial charge >= 0.3 is 11.9 Å². The molecule has 0 saturated carbocycles. The molecule has 0 saturated heterocycles. The van der Waals surface area contributed by atoms with Gasteiger partial charge in [0.15, 0.2) is 0 Å². The molecule has 5 heteroatoms. The number of benzene rings is 1. The van der Waals surface area contributed by atoms with Gasteiger partial charge in [-0.15, -0.1) is 0 Å². The number of carboxylic acid groups (broad SMARTS) is 1. The molecule has 2 rings (SSSR count). The lowest BCUT2D eigenvalue weighted by Gasteiger charge is -2.12. The maximum atomic E-state index is 13.4. The number of carboxylic acids is 1. The van der Waals surface area contributed by atoms with Crippen LogP contribution in [0.3, 0.4) is 0 Å². The first kappa shape index (κ1) is 10.6. The molecule has 0 aliphatic heterocycles. The third-order valence-electron chi connectivity index (χ3n) is 2.54. The number of alkyl halides is 2. The van der Waals surface area contributed by atoms with Crippen LogP contribution in [0.5, 0.6) is 0 Å². The molecule has 0 atom stereocenters. The molecular formula is C11H9F2NO2. The molecule has 0 amide bonds. The topological polar surface area (TPSA) is 42.2 Å². The molecule has 0 fully saturated rings. The standard InChI is InChI=1S/C11H9F2NO2/c1-14-8-5-3-2-4-7(8)6-9(14)11(12,13)10(15)16/h2-6H,1H3,(H,15,16). The Morgan fingerprint density at radius 1 is 1.38 bits per heavy atom. The first-order valence-electron chi connectivity index (χ1n) is 4.60. The van der Waals surface area contributed by atoms with E-state index < -0.39 is 17.6 Å². The molecule has 1 heterocycles. The van der Waals surface area contributed by atoms with Gasteiger partial charge in [0.2, 0.25) is 0 Å². The fourth-order valence-corrected chi connectivity index (χ4v) is 1.70. The van der Waals surface area contributed by atoms with Crippen LogP contribution < -0.4 is 0 Å². The van der Waals surface area contributed by atoms with Crippen LogP contribution in [0.2, 0.25) is 0 Å². The Kier molecular flexibility index (Phi) is 2.18. The maximum Gasteiger partial charge on any atom is 0.382 e. The van der Waals surface area contributed by atoms with E-state index in [1.165, 1.54) is 17.7 Å². The van der Waals surface area contributed by atoms with E-state index in [4.69, 9.17) is 5.11 Å². The van der Waals surface area contributed by atoms with Crippen LogP contribution in [0.15, 0.2) is 30.3 Å². The summed E-state index contributed by atoms with van der Waals surface area (Å²) in [6.07, 6.45) is 0. The number of aliphatic carboxylic acids is 1. The molecule has 16 heavy (non-hydrogen) atoms. The first-order chi connectivity index (χ1) is 7.44. The van der Waals surface area contributed by atoms with Gasteiger partial charge in [-0.2, -0.15) is 8.78 Å². The molecule has 2 aromatic rings. The van der Waals surface area contributed by atoms with E-state index in [1.54, 1.807) is 24.3 Å². The Hall–Kier alpha value is -1.91. The van der Waals surface area contributed by atoms with E-state index >= 15 is 0 Å². The van der Waals surface area contributed by atoms with Gasteiger partial charge in [-0.1, -0.05) is 18.2 Å². The van der Waals surface area contributed by atoms with Gasteiger partial charge in [0, 0.05) is 18.0 Å². The van der Waals surface area contributed by atoms with Gasteiger partial charge in [-0.05, 0) is 12.1 Å². The lowest BCUT2D eigenvalue weighted by Crippen LogP contribution is -2.27. The lowest BCUT2D eigenvalue weighted by atomic mass is 10.2. The Morgan fingerprint density at radius 3 is 2.56 bits per heavy atom. The van der Waals surface area contributed by atoms with E-state index in [-0.39, 0.29) is 0 Å². The summed E-state index contributed by atoms with van der Waals surface area (Å²) in [5.41, 5.74) is 0.0691. The number of hydrogen-bond acceptors (Lipinski definition) is 1. The van der Waals surface area contributed by atoms with Crippen LogP contribution in [-0.2, 0) is 17.8 Å². The van der Waals surface area contributed by atoms with Gasteiger partial charge in [0.05, 0.1) is 0 Å². The van der Waals surface area contributed by atoms with E-state index in [2.05, 4.69) is 0 Å². The third-order valence-corrected chi connectivity index (χ3v) is 2.54. The number of rotatable bonds is 2. The molecule has 3 nitrogen and oxygen atoms in total. The number of aromatic nitrogens is 1. The molecule has 1 N–H and O–H groups in total. The summed E-state index contributed by atoms with van der Waals surface area (Å²) in [5.74, 6) is -6.01. The van der Waals surface area contributed by atoms with E-state index in [1.807, 2.05) is 0 Å². The molecule has 0 spiro atoms. The van der Waals surface area contributed by atoms with Gasteiger partial charge in [-0.25, -0.2) is 4.79 Å². The molecule has 0 radical (unpaired) electrons. The van der Waals surface area contributed by atoms with Crippen LogP contribution in [0, 0.1) is 0 Å². The van der Waals surface area contributed by atoms with Crippen molar-refractivity contribution < 1.29 is 18.7 Å². The Morgan fingerprint density at radius 2 is 2.00 bits per heavy atom. The average molecular weight is 225 g/mol. The molecule has 1 aromatic heterocycles. The zero-order chi connectivity index (χ0) is 11.9. The van der Waals surface area contributed by atoms with Crippen molar-refractivity contribution in [2.45, 2.75) is 5.92 Å². The van der Waals surface area contributed by atoms with Gasteiger partial charge < -0.3 is 9.67 Å². The Balaban J connectivity index is 2.71. The fourth-order valence-electron chi connectivity index (χ4n) is 1.70. The minimum Gasteiger partial charge on any atom is -0.476 e. The molecule has 84 valence electrons. The number of hydrogen-bond donors (Lipinski definition) is 1. The number of fused-ring (bicyclic) bond motifs is 1. The Bertz CT molecular complexity index is 560. The van der Waals surface area contributed by atoms with Crippen LogP contribution in [-0.4, -0.2) is 15.6 Å². The molecule has 1 aromatic carbocycles. The molecular weight excluding hydrogens is 216 g/mol. The lowest BCUT2D eigenvalue weighted by molar-refractivity contribution is -0.167. The normalized spacial score (nSPS) is 11.9. The number of nitrogens with zero attached hydrogens (tertiary/aromatic N) is 1. The van der Waals surface area contributed by atoms with Crippen molar-refractivity contribution in [1.82, 2.24) is 4.57 Å². The van der Waals surface area contributed by atoms with Crippen molar-refractivity contribution in [3.05, 3.63) is 36.0 Å². The van der Waals surface area contributed by atoms with Crippen molar-refractivity contribution in [3.8, 4) is 0 Å². The third kappa shape index (κ3) is 1.36. The SMILES string of the molecule is Cn1c(C(F)(F)C(=O)O)cc2ccccc21. The number of aryl methyl sites for hydroxylation is 1. The monoisotopic (exact) mass is 225 g/mol. The van der Waals surface area contributed by atoms with Crippen LogP contribution >= 0.6 is 0 Å². The summed E-state index contributed by atoms with van der Waals surface area (Å²) in [6.45, 7) is 0.